The van der Waals surface area contributed by atoms with Crippen molar-refractivity contribution in [3.8, 4) is 0 Å². The van der Waals surface area contributed by atoms with Gasteiger partial charge in [-0.05, 0) is 17.4 Å². The van der Waals surface area contributed by atoms with E-state index in [0.717, 1.165) is 10.8 Å². The Balaban J connectivity index is 1.45. The lowest BCUT2D eigenvalue weighted by atomic mass is 9.81. The van der Waals surface area contributed by atoms with Crippen molar-refractivity contribution in [1.82, 2.24) is 9.21 Å². The van der Waals surface area contributed by atoms with Gasteiger partial charge in [-0.15, -0.1) is 0 Å². The van der Waals surface area contributed by atoms with Gasteiger partial charge in [0, 0.05) is 51.0 Å². The number of rotatable bonds is 4. The third kappa shape index (κ3) is 3.35. The van der Waals surface area contributed by atoms with Crippen LogP contribution in [0.4, 0.5) is 8.78 Å². The van der Waals surface area contributed by atoms with Crippen molar-refractivity contribution in [2.75, 3.05) is 32.7 Å². The molecular weight excluding hydrogens is 358 g/mol. The van der Waals surface area contributed by atoms with Crippen LogP contribution in [0, 0.1) is 5.92 Å². The lowest BCUT2D eigenvalue weighted by Gasteiger charge is -2.41. The third-order valence-electron chi connectivity index (χ3n) is 5.39. The Kier molecular flexibility index (Phi) is 4.49. The zero-order valence-electron chi connectivity index (χ0n) is 14.4. The summed E-state index contributed by atoms with van der Waals surface area (Å²) in [6.45, 7) is 2.61. The van der Waals surface area contributed by atoms with Crippen molar-refractivity contribution in [2.24, 2.45) is 5.92 Å². The van der Waals surface area contributed by atoms with E-state index in [4.69, 9.17) is 0 Å². The minimum Gasteiger partial charge on any atom is -0.300 e. The summed E-state index contributed by atoms with van der Waals surface area (Å²) in [6.07, 6.45) is -0.0803. The first kappa shape index (κ1) is 17.8. The second kappa shape index (κ2) is 6.55. The predicted molar refractivity (Wildman–Crippen MR) is 96.8 cm³/mol. The molecule has 140 valence electrons. The van der Waals surface area contributed by atoms with Gasteiger partial charge in [-0.3, -0.25) is 0 Å². The molecule has 0 bridgehead atoms. The second-order valence-corrected chi connectivity index (χ2v) is 9.22. The molecule has 0 aromatic heterocycles. The van der Waals surface area contributed by atoms with Gasteiger partial charge in [-0.1, -0.05) is 36.4 Å². The third-order valence-corrected chi connectivity index (χ3v) is 7.35. The first-order valence-corrected chi connectivity index (χ1v) is 10.4. The topological polar surface area (TPSA) is 40.6 Å². The minimum atomic E-state index is -3.56. The molecule has 0 radical (unpaired) electrons. The Morgan fingerprint density at radius 1 is 0.962 bits per heavy atom. The lowest BCUT2D eigenvalue weighted by molar-refractivity contribution is -0.117. The van der Waals surface area contributed by atoms with Crippen molar-refractivity contribution in [3.63, 3.8) is 0 Å². The van der Waals surface area contributed by atoms with Gasteiger partial charge in [-0.25, -0.2) is 17.2 Å². The summed E-state index contributed by atoms with van der Waals surface area (Å²) >= 11 is 0. The molecule has 0 amide bonds. The van der Waals surface area contributed by atoms with Crippen molar-refractivity contribution in [3.05, 3.63) is 42.5 Å². The predicted octanol–water partition coefficient (Wildman–Crippen LogP) is 3.19. The van der Waals surface area contributed by atoms with Crippen molar-refractivity contribution in [1.29, 1.82) is 0 Å². The highest BCUT2D eigenvalue weighted by molar-refractivity contribution is 7.89. The molecule has 2 fully saturated rings. The van der Waals surface area contributed by atoms with Crippen LogP contribution < -0.4 is 0 Å². The van der Waals surface area contributed by atoms with Crippen molar-refractivity contribution >= 4 is 20.8 Å². The Morgan fingerprint density at radius 2 is 1.62 bits per heavy atom. The van der Waals surface area contributed by atoms with E-state index in [-0.39, 0.29) is 18.8 Å². The summed E-state index contributed by atoms with van der Waals surface area (Å²) in [5, 5.41) is 1.63. The molecule has 1 heterocycles. The summed E-state index contributed by atoms with van der Waals surface area (Å²) in [5.41, 5.74) is 0. The Hall–Kier alpha value is -1.57. The molecule has 2 aliphatic rings. The van der Waals surface area contributed by atoms with Crippen LogP contribution in [0.5, 0.6) is 0 Å². The number of halogens is 2. The molecule has 2 aromatic rings. The molecule has 4 nitrogen and oxygen atoms in total. The zero-order chi connectivity index (χ0) is 18.4. The molecule has 7 heteroatoms. The maximum atomic E-state index is 13.1. The van der Waals surface area contributed by atoms with Gasteiger partial charge in [0.05, 0.1) is 4.90 Å². The fourth-order valence-electron chi connectivity index (χ4n) is 3.99. The average Bonchev–Trinajstić information content (AvgIpc) is 2.60. The van der Waals surface area contributed by atoms with Crippen LogP contribution in [0.25, 0.3) is 10.8 Å². The van der Waals surface area contributed by atoms with Gasteiger partial charge >= 0.3 is 0 Å². The summed E-state index contributed by atoms with van der Waals surface area (Å²) < 4.78 is 53.6. The van der Waals surface area contributed by atoms with Gasteiger partial charge in [0.2, 0.25) is 15.9 Å². The highest BCUT2D eigenvalue weighted by atomic mass is 32.2. The van der Waals surface area contributed by atoms with Crippen LogP contribution in [0.1, 0.15) is 12.8 Å². The first-order chi connectivity index (χ1) is 12.4. The van der Waals surface area contributed by atoms with Crippen LogP contribution in [0.15, 0.2) is 47.4 Å². The molecule has 0 N–H and O–H groups in total. The van der Waals surface area contributed by atoms with Gasteiger partial charge in [-0.2, -0.15) is 4.31 Å². The van der Waals surface area contributed by atoms with Crippen molar-refractivity contribution in [2.45, 2.75) is 23.7 Å². The Bertz CT molecular complexity index is 895. The fraction of sp³-hybridized carbons (Fsp3) is 0.474. The maximum Gasteiger partial charge on any atom is 0.248 e. The molecule has 1 saturated carbocycles. The van der Waals surface area contributed by atoms with E-state index in [2.05, 4.69) is 4.90 Å². The molecule has 1 saturated heterocycles. The van der Waals surface area contributed by atoms with Crippen LogP contribution in [0.3, 0.4) is 0 Å². The van der Waals surface area contributed by atoms with Crippen LogP contribution in [-0.2, 0) is 10.0 Å². The Labute approximate surface area is 152 Å². The quantitative estimate of drug-likeness (QED) is 0.818. The standard InChI is InChI=1S/C19H22F2N2O2S/c20-19(21)12-15(13-19)14-22-8-10-23(11-9-22)26(24,25)18-7-3-5-16-4-1-2-6-17(16)18/h1-7,15H,8-14H2. The summed E-state index contributed by atoms with van der Waals surface area (Å²) in [5.74, 6) is -2.46. The fourth-order valence-corrected chi connectivity index (χ4v) is 5.63. The maximum absolute atomic E-state index is 13.1. The highest BCUT2D eigenvalue weighted by Gasteiger charge is 2.45. The van der Waals surface area contributed by atoms with Crippen molar-refractivity contribution < 1.29 is 17.2 Å². The van der Waals surface area contributed by atoms with E-state index in [9.17, 15) is 17.2 Å². The largest absolute Gasteiger partial charge is 0.300 e. The van der Waals surface area contributed by atoms with E-state index in [1.54, 1.807) is 12.1 Å². The first-order valence-electron chi connectivity index (χ1n) is 8.93. The SMILES string of the molecule is O=S(=O)(c1cccc2ccccc12)N1CCN(CC2CC(F)(F)C2)CC1. The monoisotopic (exact) mass is 380 g/mol. The van der Waals surface area contributed by atoms with E-state index in [0.29, 0.717) is 37.6 Å². The molecule has 1 aliphatic heterocycles. The molecule has 26 heavy (non-hydrogen) atoms. The van der Waals surface area contributed by atoms with E-state index < -0.39 is 15.9 Å². The number of piperazine rings is 1. The number of sulfonamides is 1. The molecule has 0 spiro atoms. The van der Waals surface area contributed by atoms with E-state index in [1.165, 1.54) is 4.31 Å². The smallest absolute Gasteiger partial charge is 0.248 e. The lowest BCUT2D eigenvalue weighted by Crippen LogP contribution is -2.51. The van der Waals surface area contributed by atoms with Crippen LogP contribution in [-0.4, -0.2) is 56.3 Å². The molecule has 1 aliphatic carbocycles. The zero-order valence-corrected chi connectivity index (χ0v) is 15.3. The molecule has 4 rings (SSSR count). The van der Waals surface area contributed by atoms with E-state index >= 15 is 0 Å². The summed E-state index contributed by atoms with van der Waals surface area (Å²) in [4.78, 5) is 2.44. The van der Waals surface area contributed by atoms with Crippen LogP contribution >= 0.6 is 0 Å². The average molecular weight is 380 g/mol. The van der Waals surface area contributed by atoms with E-state index in [1.807, 2.05) is 30.3 Å². The van der Waals surface area contributed by atoms with Crippen LogP contribution in [0.2, 0.25) is 0 Å². The number of benzene rings is 2. The number of fused-ring (bicyclic) bond motifs is 1. The Morgan fingerprint density at radius 3 is 2.31 bits per heavy atom. The molecular formula is C19H22F2N2O2S. The number of nitrogens with zero attached hydrogens (tertiary/aromatic N) is 2. The minimum absolute atomic E-state index is 0.0335. The van der Waals surface area contributed by atoms with Gasteiger partial charge in [0.1, 0.15) is 0 Å². The molecule has 0 unspecified atom stereocenters. The summed E-state index contributed by atoms with van der Waals surface area (Å²) in [7, 11) is -3.56. The van der Waals surface area contributed by atoms with Gasteiger partial charge < -0.3 is 4.90 Å². The van der Waals surface area contributed by atoms with Gasteiger partial charge in [0.15, 0.2) is 0 Å². The number of hydrogen-bond donors (Lipinski definition) is 0. The van der Waals surface area contributed by atoms with Gasteiger partial charge in [0.25, 0.3) is 0 Å². The normalized spacial score (nSPS) is 22.4. The number of hydrogen-bond acceptors (Lipinski definition) is 3. The molecule has 0 atom stereocenters. The summed E-state index contributed by atoms with van der Waals surface area (Å²) in [6, 6.07) is 12.8. The highest BCUT2D eigenvalue weighted by Crippen LogP contribution is 2.42. The second-order valence-electron chi connectivity index (χ2n) is 7.31. The number of alkyl halides is 2. The molecule has 2 aromatic carbocycles.